The third-order valence-corrected chi connectivity index (χ3v) is 4.02. The summed E-state index contributed by atoms with van der Waals surface area (Å²) in [5.74, 6) is -0.140. The highest BCUT2D eigenvalue weighted by Crippen LogP contribution is 2.27. The molecule has 1 amide bonds. The summed E-state index contributed by atoms with van der Waals surface area (Å²) in [4.78, 5) is 13.5. The van der Waals surface area contributed by atoms with Crippen LogP contribution in [0.5, 0.6) is 0 Å². The van der Waals surface area contributed by atoms with Crippen LogP contribution in [0.1, 0.15) is 35.3 Å². The lowest BCUT2D eigenvalue weighted by Crippen LogP contribution is -2.36. The highest BCUT2D eigenvalue weighted by atomic mass is 35.5. The van der Waals surface area contributed by atoms with Crippen molar-refractivity contribution in [3.63, 3.8) is 0 Å². The zero-order chi connectivity index (χ0) is 17.2. The van der Waals surface area contributed by atoms with E-state index in [9.17, 15) is 4.79 Å². The zero-order valence-electron chi connectivity index (χ0n) is 13.8. The first-order valence-electron chi connectivity index (χ1n) is 7.32. The number of benzene rings is 1. The number of nitrogens with zero attached hydrogens (tertiary/aromatic N) is 3. The van der Waals surface area contributed by atoms with Gasteiger partial charge in [0.2, 0.25) is 0 Å². The van der Waals surface area contributed by atoms with E-state index in [1.165, 1.54) is 17.2 Å². The normalized spacial score (nSPS) is 11.3. The molecule has 0 spiro atoms. The summed E-state index contributed by atoms with van der Waals surface area (Å²) in [5.41, 5.74) is 7.98. The van der Waals surface area contributed by atoms with Gasteiger partial charge in [-0.2, -0.15) is 0 Å². The standard InChI is InChI=1S/C17H21ClN4O/c1-11-5-7-12(8-6-11)17(2,3)10-22(4)16-13(15(19)23)9-14(18)20-21-16/h5-9H,10H2,1-4H3,(H2,19,23). The molecule has 1 heterocycles. The van der Waals surface area contributed by atoms with Gasteiger partial charge in [-0.05, 0) is 18.6 Å². The molecule has 1 aromatic carbocycles. The Morgan fingerprint density at radius 3 is 2.43 bits per heavy atom. The molecule has 1 aromatic heterocycles. The van der Waals surface area contributed by atoms with E-state index in [0.29, 0.717) is 12.4 Å². The van der Waals surface area contributed by atoms with Gasteiger partial charge in [-0.1, -0.05) is 55.3 Å². The summed E-state index contributed by atoms with van der Waals surface area (Å²) in [5, 5.41) is 8.01. The van der Waals surface area contributed by atoms with Crippen LogP contribution in [-0.4, -0.2) is 29.7 Å². The SMILES string of the molecule is Cc1ccc(C(C)(C)CN(C)c2nnc(Cl)cc2C(N)=O)cc1. The van der Waals surface area contributed by atoms with Crippen LogP contribution in [0, 0.1) is 6.92 Å². The second-order valence-corrected chi connectivity index (χ2v) is 6.76. The second-order valence-electron chi connectivity index (χ2n) is 6.37. The van der Waals surface area contributed by atoms with Crippen molar-refractivity contribution in [1.82, 2.24) is 10.2 Å². The topological polar surface area (TPSA) is 72.1 Å². The van der Waals surface area contributed by atoms with Gasteiger partial charge in [-0.3, -0.25) is 4.79 Å². The van der Waals surface area contributed by atoms with Crippen LogP contribution in [-0.2, 0) is 5.41 Å². The van der Waals surface area contributed by atoms with Gasteiger partial charge in [0.05, 0.1) is 5.56 Å². The van der Waals surface area contributed by atoms with Gasteiger partial charge in [-0.25, -0.2) is 0 Å². The minimum absolute atomic E-state index is 0.140. The number of hydrogen-bond donors (Lipinski definition) is 1. The number of carbonyl (C=O) groups is 1. The van der Waals surface area contributed by atoms with Gasteiger partial charge < -0.3 is 10.6 Å². The van der Waals surface area contributed by atoms with Crippen molar-refractivity contribution in [3.05, 3.63) is 52.2 Å². The van der Waals surface area contributed by atoms with Gasteiger partial charge in [0, 0.05) is 19.0 Å². The molecule has 0 radical (unpaired) electrons. The molecule has 0 saturated heterocycles. The Balaban J connectivity index is 2.29. The fraction of sp³-hybridized carbons (Fsp3) is 0.353. The molecule has 0 aliphatic rings. The lowest BCUT2D eigenvalue weighted by atomic mass is 9.84. The van der Waals surface area contributed by atoms with Gasteiger partial charge in [0.1, 0.15) is 0 Å². The third-order valence-electron chi connectivity index (χ3n) is 3.84. The molecule has 0 aliphatic carbocycles. The Kier molecular flexibility index (Phi) is 4.90. The Bertz CT molecular complexity index is 713. The minimum atomic E-state index is -0.572. The molecule has 2 N–H and O–H groups in total. The third kappa shape index (κ3) is 3.99. The number of aryl methyl sites for hydroxylation is 1. The van der Waals surface area contributed by atoms with Gasteiger partial charge in [-0.15, -0.1) is 10.2 Å². The van der Waals surface area contributed by atoms with Crippen molar-refractivity contribution in [3.8, 4) is 0 Å². The van der Waals surface area contributed by atoms with Crippen LogP contribution in [0.15, 0.2) is 30.3 Å². The van der Waals surface area contributed by atoms with Crippen LogP contribution in [0.25, 0.3) is 0 Å². The number of anilines is 1. The largest absolute Gasteiger partial charge is 0.365 e. The maximum absolute atomic E-state index is 11.6. The molecular weight excluding hydrogens is 312 g/mol. The number of primary amides is 1. The monoisotopic (exact) mass is 332 g/mol. The van der Waals surface area contributed by atoms with E-state index in [4.69, 9.17) is 17.3 Å². The first-order valence-corrected chi connectivity index (χ1v) is 7.70. The van der Waals surface area contributed by atoms with E-state index in [2.05, 4.69) is 55.2 Å². The Morgan fingerprint density at radius 1 is 1.26 bits per heavy atom. The molecule has 0 fully saturated rings. The molecule has 2 rings (SSSR count). The summed E-state index contributed by atoms with van der Waals surface area (Å²) in [6, 6.07) is 9.86. The van der Waals surface area contributed by atoms with Crippen LogP contribution in [0.4, 0.5) is 5.82 Å². The Labute approximate surface area is 141 Å². The number of nitrogens with two attached hydrogens (primary N) is 1. The van der Waals surface area contributed by atoms with Gasteiger partial charge in [0.25, 0.3) is 5.91 Å². The molecular formula is C17H21ClN4O. The Morgan fingerprint density at radius 2 is 1.87 bits per heavy atom. The summed E-state index contributed by atoms with van der Waals surface area (Å²) >= 11 is 5.81. The van der Waals surface area contributed by atoms with Crippen molar-refractivity contribution in [2.24, 2.45) is 5.73 Å². The minimum Gasteiger partial charge on any atom is -0.365 e. The van der Waals surface area contributed by atoms with Crippen LogP contribution in [0.3, 0.4) is 0 Å². The molecule has 2 aromatic rings. The maximum Gasteiger partial charge on any atom is 0.252 e. The van der Waals surface area contributed by atoms with Crippen molar-refractivity contribution in [2.75, 3.05) is 18.5 Å². The molecule has 0 bridgehead atoms. The quantitative estimate of drug-likeness (QED) is 0.913. The molecule has 6 heteroatoms. The van der Waals surface area contributed by atoms with Crippen LogP contribution >= 0.6 is 11.6 Å². The first-order chi connectivity index (χ1) is 10.7. The van der Waals surface area contributed by atoms with E-state index in [-0.39, 0.29) is 16.1 Å². The van der Waals surface area contributed by atoms with Crippen LogP contribution < -0.4 is 10.6 Å². The molecule has 122 valence electrons. The highest BCUT2D eigenvalue weighted by molar-refractivity contribution is 6.29. The average Bonchev–Trinajstić information content (AvgIpc) is 2.46. The Hall–Kier alpha value is -2.14. The number of rotatable bonds is 5. The molecule has 0 unspecified atom stereocenters. The molecule has 0 atom stereocenters. The summed E-state index contributed by atoms with van der Waals surface area (Å²) in [6.07, 6.45) is 0. The molecule has 0 saturated carbocycles. The van der Waals surface area contributed by atoms with E-state index < -0.39 is 5.91 Å². The fourth-order valence-electron chi connectivity index (χ4n) is 2.59. The lowest BCUT2D eigenvalue weighted by molar-refractivity contribution is 0.1000. The van der Waals surface area contributed by atoms with Gasteiger partial charge >= 0.3 is 0 Å². The van der Waals surface area contributed by atoms with E-state index in [1.807, 2.05) is 11.9 Å². The average molecular weight is 333 g/mol. The fourth-order valence-corrected chi connectivity index (χ4v) is 2.74. The van der Waals surface area contributed by atoms with E-state index in [0.717, 1.165) is 0 Å². The highest BCUT2D eigenvalue weighted by Gasteiger charge is 2.25. The van der Waals surface area contributed by atoms with E-state index in [1.54, 1.807) is 0 Å². The first kappa shape index (κ1) is 17.2. The smallest absolute Gasteiger partial charge is 0.252 e. The number of halogens is 1. The van der Waals surface area contributed by atoms with Crippen molar-refractivity contribution in [1.29, 1.82) is 0 Å². The zero-order valence-corrected chi connectivity index (χ0v) is 14.6. The summed E-state index contributed by atoms with van der Waals surface area (Å²) in [7, 11) is 1.86. The summed E-state index contributed by atoms with van der Waals surface area (Å²) in [6.45, 7) is 6.99. The lowest BCUT2D eigenvalue weighted by Gasteiger charge is -2.32. The molecule has 23 heavy (non-hydrogen) atoms. The number of aromatic nitrogens is 2. The number of carbonyl (C=O) groups excluding carboxylic acids is 1. The number of hydrogen-bond acceptors (Lipinski definition) is 4. The predicted octanol–water partition coefficient (Wildman–Crippen LogP) is 2.95. The van der Waals surface area contributed by atoms with Crippen molar-refractivity contribution in [2.45, 2.75) is 26.2 Å². The molecule has 5 nitrogen and oxygen atoms in total. The summed E-state index contributed by atoms with van der Waals surface area (Å²) < 4.78 is 0. The van der Waals surface area contributed by atoms with Crippen LogP contribution in [0.2, 0.25) is 5.15 Å². The molecule has 0 aliphatic heterocycles. The second kappa shape index (κ2) is 6.54. The van der Waals surface area contributed by atoms with E-state index >= 15 is 0 Å². The number of likely N-dealkylation sites (N-methyl/N-ethyl adjacent to an activating group) is 1. The maximum atomic E-state index is 11.6. The predicted molar refractivity (Wildman–Crippen MR) is 93.0 cm³/mol. The van der Waals surface area contributed by atoms with Crippen molar-refractivity contribution >= 4 is 23.3 Å². The van der Waals surface area contributed by atoms with Crippen molar-refractivity contribution < 1.29 is 4.79 Å². The number of amides is 1. The van der Waals surface area contributed by atoms with Gasteiger partial charge in [0.15, 0.2) is 11.0 Å².